The molecule has 3 heterocycles. The summed E-state index contributed by atoms with van der Waals surface area (Å²) in [7, 11) is 1.55. The van der Waals surface area contributed by atoms with Crippen molar-refractivity contribution in [2.45, 2.75) is 6.42 Å². The first-order valence-electron chi connectivity index (χ1n) is 8.71. The van der Waals surface area contributed by atoms with Crippen molar-refractivity contribution in [3.05, 3.63) is 72.1 Å². The Balaban J connectivity index is 1.63. The molecule has 1 aromatic carbocycles. The molecule has 6 nitrogen and oxygen atoms in total. The second kappa shape index (κ2) is 7.09. The molecule has 0 saturated heterocycles. The highest BCUT2D eigenvalue weighted by atomic mass is 16.6. The van der Waals surface area contributed by atoms with Crippen LogP contribution in [0.2, 0.25) is 0 Å². The van der Waals surface area contributed by atoms with Crippen LogP contribution in [0, 0.1) is 0 Å². The van der Waals surface area contributed by atoms with Gasteiger partial charge in [-0.25, -0.2) is 0 Å². The van der Waals surface area contributed by atoms with E-state index in [4.69, 9.17) is 4.84 Å². The fourth-order valence-electron chi connectivity index (χ4n) is 3.23. The summed E-state index contributed by atoms with van der Waals surface area (Å²) in [5.41, 5.74) is 9.87. The number of carbonyl (C=O) groups excluding carboxylic acids is 1. The number of aromatic amines is 1. The highest BCUT2D eigenvalue weighted by Crippen LogP contribution is 2.27. The van der Waals surface area contributed by atoms with Crippen LogP contribution in [0.25, 0.3) is 28.2 Å². The largest absolute Gasteiger partial charge is 0.358 e. The molecule has 2 aromatic heterocycles. The maximum Gasteiger partial charge on any atom is 0.253 e. The van der Waals surface area contributed by atoms with Crippen molar-refractivity contribution in [3.8, 4) is 22.5 Å². The lowest BCUT2D eigenvalue weighted by molar-refractivity contribution is 0.0946. The van der Waals surface area contributed by atoms with Gasteiger partial charge in [0.2, 0.25) is 0 Å². The summed E-state index contributed by atoms with van der Waals surface area (Å²) in [5, 5.41) is 2.87. The Morgan fingerprint density at radius 2 is 2.00 bits per heavy atom. The summed E-state index contributed by atoms with van der Waals surface area (Å²) in [6.45, 7) is 4.59. The predicted molar refractivity (Wildman–Crippen MR) is 105 cm³/mol. The quantitative estimate of drug-likeness (QED) is 0.611. The fraction of sp³-hybridized carbons (Fsp3) is 0.143. The van der Waals surface area contributed by atoms with Crippen LogP contribution in [-0.2, 0) is 11.3 Å². The number of fused-ring (bicyclic) bond motifs is 1. The minimum atomic E-state index is -0.0199. The van der Waals surface area contributed by atoms with Gasteiger partial charge in [-0.05, 0) is 23.8 Å². The van der Waals surface area contributed by atoms with Crippen LogP contribution >= 0.6 is 0 Å². The Morgan fingerprint density at radius 3 is 2.74 bits per heavy atom. The standard InChI is InChI=1S/C21H20N4O2/c1-13(25-27-2)14-3-5-15(6-4-14)19-11-16(7-9-22-19)20-12-17-18(24-20)8-10-23-21(17)26/h3-7,9,11-12,24-25H,1,8,10H2,2H3,(H,23,26). The molecule has 27 heavy (non-hydrogen) atoms. The number of pyridine rings is 1. The normalized spacial score (nSPS) is 13.0. The van der Waals surface area contributed by atoms with Crippen molar-refractivity contribution in [2.75, 3.05) is 13.7 Å². The Kier molecular flexibility index (Phi) is 4.48. The van der Waals surface area contributed by atoms with E-state index < -0.39 is 0 Å². The zero-order valence-electron chi connectivity index (χ0n) is 15.0. The summed E-state index contributed by atoms with van der Waals surface area (Å²) < 4.78 is 0. The summed E-state index contributed by atoms with van der Waals surface area (Å²) in [6.07, 6.45) is 2.60. The first kappa shape index (κ1) is 17.1. The van der Waals surface area contributed by atoms with Gasteiger partial charge < -0.3 is 10.3 Å². The molecule has 0 unspecified atom stereocenters. The molecule has 136 valence electrons. The molecule has 0 atom stereocenters. The first-order chi connectivity index (χ1) is 13.2. The van der Waals surface area contributed by atoms with Crippen LogP contribution in [0.15, 0.2) is 55.2 Å². The van der Waals surface area contributed by atoms with Crippen molar-refractivity contribution >= 4 is 11.6 Å². The monoisotopic (exact) mass is 360 g/mol. The van der Waals surface area contributed by atoms with Gasteiger partial charge in [0.15, 0.2) is 0 Å². The number of H-pyrrole nitrogens is 1. The third-order valence-electron chi connectivity index (χ3n) is 4.63. The Hall–Kier alpha value is -3.38. The van der Waals surface area contributed by atoms with Crippen LogP contribution in [0.4, 0.5) is 0 Å². The lowest BCUT2D eigenvalue weighted by atomic mass is 10.0. The molecule has 0 saturated carbocycles. The number of hydrogen-bond donors (Lipinski definition) is 3. The molecule has 3 aromatic rings. The van der Waals surface area contributed by atoms with Crippen molar-refractivity contribution in [2.24, 2.45) is 0 Å². The van der Waals surface area contributed by atoms with Crippen molar-refractivity contribution in [3.63, 3.8) is 0 Å². The van der Waals surface area contributed by atoms with Crippen LogP contribution in [0.5, 0.6) is 0 Å². The molecular weight excluding hydrogens is 340 g/mol. The number of amides is 1. The highest BCUT2D eigenvalue weighted by Gasteiger charge is 2.20. The van der Waals surface area contributed by atoms with E-state index >= 15 is 0 Å². The molecule has 1 amide bonds. The summed E-state index contributed by atoms with van der Waals surface area (Å²) in [5.74, 6) is -0.0199. The third kappa shape index (κ3) is 3.35. The maximum atomic E-state index is 12.0. The molecule has 4 rings (SSSR count). The number of aromatic nitrogens is 2. The Bertz CT molecular complexity index is 1010. The number of nitrogens with zero attached hydrogens (tertiary/aromatic N) is 1. The van der Waals surface area contributed by atoms with Gasteiger partial charge in [-0.1, -0.05) is 30.8 Å². The van der Waals surface area contributed by atoms with Crippen molar-refractivity contribution in [1.29, 1.82) is 0 Å². The van der Waals surface area contributed by atoms with E-state index in [1.807, 2.05) is 42.5 Å². The van der Waals surface area contributed by atoms with E-state index in [9.17, 15) is 4.79 Å². The van der Waals surface area contributed by atoms with Crippen LogP contribution in [0.1, 0.15) is 21.6 Å². The van der Waals surface area contributed by atoms with Crippen LogP contribution in [0.3, 0.4) is 0 Å². The number of hydrogen-bond acceptors (Lipinski definition) is 4. The SMILES string of the molecule is C=C(NOC)c1ccc(-c2cc(-c3cc4c([nH]3)CCNC4=O)ccn2)cc1. The van der Waals surface area contributed by atoms with E-state index in [1.165, 1.54) is 0 Å². The topological polar surface area (TPSA) is 79.0 Å². The Morgan fingerprint density at radius 1 is 1.19 bits per heavy atom. The molecule has 0 fully saturated rings. The molecule has 0 bridgehead atoms. The number of rotatable bonds is 5. The summed E-state index contributed by atoms with van der Waals surface area (Å²) in [4.78, 5) is 24.7. The average Bonchev–Trinajstić information content (AvgIpc) is 3.14. The summed E-state index contributed by atoms with van der Waals surface area (Å²) >= 11 is 0. The molecule has 1 aliphatic heterocycles. The van der Waals surface area contributed by atoms with Gasteiger partial charge in [0.1, 0.15) is 0 Å². The minimum absolute atomic E-state index is 0.0199. The molecular formula is C21H20N4O2. The van der Waals surface area contributed by atoms with E-state index in [1.54, 1.807) is 13.3 Å². The van der Waals surface area contributed by atoms with Gasteiger partial charge in [-0.15, -0.1) is 0 Å². The molecule has 0 aliphatic carbocycles. The Labute approximate surface area is 157 Å². The van der Waals surface area contributed by atoms with E-state index in [-0.39, 0.29) is 5.91 Å². The highest BCUT2D eigenvalue weighted by molar-refractivity contribution is 5.97. The summed E-state index contributed by atoms with van der Waals surface area (Å²) in [6, 6.07) is 13.8. The zero-order valence-corrected chi connectivity index (χ0v) is 15.0. The zero-order chi connectivity index (χ0) is 18.8. The van der Waals surface area contributed by atoms with Gasteiger partial charge >= 0.3 is 0 Å². The lowest BCUT2D eigenvalue weighted by Gasteiger charge is -2.11. The van der Waals surface area contributed by atoms with Crippen LogP contribution in [-0.4, -0.2) is 29.5 Å². The number of benzene rings is 1. The van der Waals surface area contributed by atoms with Gasteiger partial charge in [0.05, 0.1) is 24.1 Å². The average molecular weight is 360 g/mol. The van der Waals surface area contributed by atoms with Crippen molar-refractivity contribution < 1.29 is 9.63 Å². The number of hydroxylamine groups is 1. The van der Waals surface area contributed by atoms with Gasteiger partial charge in [-0.2, -0.15) is 0 Å². The minimum Gasteiger partial charge on any atom is -0.358 e. The second-order valence-corrected chi connectivity index (χ2v) is 6.37. The first-order valence-corrected chi connectivity index (χ1v) is 8.71. The lowest BCUT2D eigenvalue weighted by Crippen LogP contribution is -2.31. The van der Waals surface area contributed by atoms with Crippen molar-refractivity contribution in [1.82, 2.24) is 20.8 Å². The molecule has 0 radical (unpaired) electrons. The molecule has 6 heteroatoms. The van der Waals surface area contributed by atoms with Gasteiger partial charge in [0.25, 0.3) is 5.91 Å². The predicted octanol–water partition coefficient (Wildman–Crippen LogP) is 3.15. The van der Waals surface area contributed by atoms with E-state index in [0.29, 0.717) is 12.2 Å². The second-order valence-electron chi connectivity index (χ2n) is 6.37. The molecule has 3 N–H and O–H groups in total. The third-order valence-corrected chi connectivity index (χ3v) is 4.63. The van der Waals surface area contributed by atoms with E-state index in [2.05, 4.69) is 27.3 Å². The van der Waals surface area contributed by atoms with E-state index in [0.717, 1.165) is 45.8 Å². The maximum absolute atomic E-state index is 12.0. The molecule has 0 spiro atoms. The van der Waals surface area contributed by atoms with Crippen LogP contribution < -0.4 is 10.8 Å². The smallest absolute Gasteiger partial charge is 0.253 e. The van der Waals surface area contributed by atoms with Gasteiger partial charge in [0, 0.05) is 41.7 Å². The number of carbonyl (C=O) groups is 1. The number of nitrogens with one attached hydrogen (secondary N) is 3. The fourth-order valence-corrected chi connectivity index (χ4v) is 3.23. The van der Waals surface area contributed by atoms with Gasteiger partial charge in [-0.3, -0.25) is 20.1 Å². The molecule has 1 aliphatic rings.